The Morgan fingerprint density at radius 2 is 1.83 bits per heavy atom. The number of benzene rings is 2. The van der Waals surface area contributed by atoms with E-state index < -0.39 is 0 Å². The minimum atomic E-state index is 0.309. The Morgan fingerprint density at radius 1 is 1.13 bits per heavy atom. The fourth-order valence-corrected chi connectivity index (χ4v) is 2.65. The molecule has 3 aromatic rings. The topological polar surface area (TPSA) is 73.8 Å². The molecule has 0 radical (unpaired) electrons. The van der Waals surface area contributed by atoms with Crippen molar-refractivity contribution in [2.45, 2.75) is 13.5 Å². The van der Waals surface area contributed by atoms with Gasteiger partial charge in [0.1, 0.15) is 30.0 Å². The second-order valence-corrected chi connectivity index (χ2v) is 4.94. The lowest BCUT2D eigenvalue weighted by Crippen LogP contribution is -2.33. The highest BCUT2D eigenvalue weighted by atomic mass is 16.5. The molecule has 5 heteroatoms. The van der Waals surface area contributed by atoms with Crippen LogP contribution in [-0.4, -0.2) is 7.11 Å². The number of nitriles is 2. The van der Waals surface area contributed by atoms with Gasteiger partial charge in [0.2, 0.25) is 5.58 Å². The lowest BCUT2D eigenvalue weighted by Gasteiger charge is -2.03. The highest BCUT2D eigenvalue weighted by molar-refractivity contribution is 5.77. The highest BCUT2D eigenvalue weighted by Gasteiger charge is 2.26. The molecule has 0 aliphatic heterocycles. The van der Waals surface area contributed by atoms with Crippen molar-refractivity contribution in [2.75, 3.05) is 7.11 Å². The minimum absolute atomic E-state index is 0.309. The number of ether oxygens (including phenoxy) is 1. The van der Waals surface area contributed by atoms with Crippen LogP contribution in [0.4, 0.5) is 0 Å². The number of hydrogen-bond donors (Lipinski definition) is 0. The molecule has 3 rings (SSSR count). The van der Waals surface area contributed by atoms with E-state index in [9.17, 15) is 10.5 Å². The van der Waals surface area contributed by atoms with Crippen molar-refractivity contribution in [3.8, 4) is 29.3 Å². The van der Waals surface area contributed by atoms with Crippen molar-refractivity contribution in [1.82, 2.24) is 0 Å². The average molecular weight is 304 g/mol. The van der Waals surface area contributed by atoms with Crippen molar-refractivity contribution in [2.24, 2.45) is 0 Å². The minimum Gasteiger partial charge on any atom is -0.496 e. The molecule has 23 heavy (non-hydrogen) atoms. The third-order valence-electron chi connectivity index (χ3n) is 3.74. The number of aromatic nitrogens is 1. The second-order valence-electron chi connectivity index (χ2n) is 4.94. The molecule has 5 nitrogen and oxygen atoms in total. The van der Waals surface area contributed by atoms with Crippen LogP contribution in [0.1, 0.15) is 18.1 Å². The first-order valence-corrected chi connectivity index (χ1v) is 7.17. The summed E-state index contributed by atoms with van der Waals surface area (Å²) in [4.78, 5) is 0. The molecule has 0 spiro atoms. The fraction of sp³-hybridized carbons (Fsp3) is 0.167. The van der Waals surface area contributed by atoms with Gasteiger partial charge in [-0.1, -0.05) is 12.1 Å². The van der Waals surface area contributed by atoms with E-state index in [1.807, 2.05) is 41.8 Å². The van der Waals surface area contributed by atoms with E-state index in [-0.39, 0.29) is 0 Å². The third kappa shape index (κ3) is 2.29. The Hall–Kier alpha value is -3.31. The molecule has 0 aliphatic carbocycles. The molecule has 0 unspecified atom stereocenters. The van der Waals surface area contributed by atoms with Crippen LogP contribution in [0.15, 0.2) is 40.8 Å². The normalized spacial score (nSPS) is 10.3. The zero-order valence-electron chi connectivity index (χ0n) is 12.8. The van der Waals surface area contributed by atoms with Gasteiger partial charge in [-0.05, 0) is 19.1 Å². The second kappa shape index (κ2) is 5.82. The number of nitrogens with zero attached hydrogens (tertiary/aromatic N) is 3. The molecule has 1 heterocycles. The number of aryl methyl sites for hydroxylation is 1. The van der Waals surface area contributed by atoms with Crippen LogP contribution >= 0.6 is 0 Å². The predicted molar refractivity (Wildman–Crippen MR) is 83.5 cm³/mol. The SMILES string of the molecule is CC[n+]1c(-c2ccccc2OC)oc2cc(C#N)c(C#N)cc21. The standard InChI is InChI=1S/C18H14N3O2/c1-3-21-15-8-12(10-19)13(11-20)9-17(15)23-18(21)14-6-4-5-7-16(14)22-2/h4-9H,3H2,1-2H3/q+1. The number of fused-ring (bicyclic) bond motifs is 1. The summed E-state index contributed by atoms with van der Waals surface area (Å²) in [5.74, 6) is 1.34. The summed E-state index contributed by atoms with van der Waals surface area (Å²) in [6, 6.07) is 15.0. The van der Waals surface area contributed by atoms with E-state index in [4.69, 9.17) is 9.15 Å². The predicted octanol–water partition coefficient (Wildman–Crippen LogP) is 3.16. The van der Waals surface area contributed by atoms with Crippen LogP contribution in [0.2, 0.25) is 0 Å². The summed E-state index contributed by atoms with van der Waals surface area (Å²) in [5, 5.41) is 18.4. The van der Waals surface area contributed by atoms with Crippen molar-refractivity contribution in [1.29, 1.82) is 10.5 Å². The number of hydrogen-bond acceptors (Lipinski definition) is 4. The van der Waals surface area contributed by atoms with E-state index >= 15 is 0 Å². The van der Waals surface area contributed by atoms with Crippen LogP contribution < -0.4 is 9.30 Å². The van der Waals surface area contributed by atoms with Gasteiger partial charge >= 0.3 is 5.89 Å². The largest absolute Gasteiger partial charge is 0.496 e. The molecule has 112 valence electrons. The van der Waals surface area contributed by atoms with E-state index in [0.29, 0.717) is 34.9 Å². The van der Waals surface area contributed by atoms with Crippen molar-refractivity contribution in [3.05, 3.63) is 47.5 Å². The summed E-state index contributed by atoms with van der Waals surface area (Å²) in [6.07, 6.45) is 0. The maximum absolute atomic E-state index is 9.22. The van der Waals surface area contributed by atoms with Gasteiger partial charge in [0.05, 0.1) is 18.2 Å². The van der Waals surface area contributed by atoms with Crippen LogP contribution in [0.3, 0.4) is 0 Å². The quantitative estimate of drug-likeness (QED) is 0.697. The molecule has 0 saturated carbocycles. The third-order valence-corrected chi connectivity index (χ3v) is 3.74. The molecule has 0 saturated heterocycles. The molecule has 0 fully saturated rings. The van der Waals surface area contributed by atoms with Crippen LogP contribution in [-0.2, 0) is 6.54 Å². The van der Waals surface area contributed by atoms with Gasteiger partial charge in [0.15, 0.2) is 0 Å². The molecular formula is C18H14N3O2+. The molecule has 0 bridgehead atoms. The molecule has 2 aromatic carbocycles. The van der Waals surface area contributed by atoms with Gasteiger partial charge in [0.25, 0.3) is 5.52 Å². The molecular weight excluding hydrogens is 290 g/mol. The number of rotatable bonds is 3. The smallest absolute Gasteiger partial charge is 0.385 e. The van der Waals surface area contributed by atoms with E-state index in [2.05, 4.69) is 6.07 Å². The maximum atomic E-state index is 9.22. The molecule has 0 atom stereocenters. The first-order chi connectivity index (χ1) is 11.2. The first-order valence-electron chi connectivity index (χ1n) is 7.17. The Morgan fingerprint density at radius 3 is 2.48 bits per heavy atom. The zero-order chi connectivity index (χ0) is 16.4. The van der Waals surface area contributed by atoms with Crippen molar-refractivity contribution < 1.29 is 13.7 Å². The highest BCUT2D eigenvalue weighted by Crippen LogP contribution is 2.31. The number of oxazole rings is 1. The number of methoxy groups -OCH3 is 1. The lowest BCUT2D eigenvalue weighted by molar-refractivity contribution is -0.660. The average Bonchev–Trinajstić information content (AvgIpc) is 2.97. The zero-order valence-corrected chi connectivity index (χ0v) is 12.8. The van der Waals surface area contributed by atoms with Crippen LogP contribution in [0, 0.1) is 22.7 Å². The summed E-state index contributed by atoms with van der Waals surface area (Å²) < 4.78 is 13.4. The summed E-state index contributed by atoms with van der Waals surface area (Å²) >= 11 is 0. The Balaban J connectivity index is 2.35. The van der Waals surface area contributed by atoms with Crippen molar-refractivity contribution >= 4 is 11.1 Å². The Bertz CT molecular complexity index is 974. The van der Waals surface area contributed by atoms with Gasteiger partial charge in [-0.15, -0.1) is 0 Å². The monoisotopic (exact) mass is 304 g/mol. The Labute approximate surface area is 133 Å². The molecule has 0 amide bonds. The first kappa shape index (κ1) is 14.6. The molecule has 0 N–H and O–H groups in total. The van der Waals surface area contributed by atoms with Gasteiger partial charge in [-0.2, -0.15) is 15.1 Å². The van der Waals surface area contributed by atoms with Gasteiger partial charge < -0.3 is 9.15 Å². The maximum Gasteiger partial charge on any atom is 0.385 e. The molecule has 1 aromatic heterocycles. The van der Waals surface area contributed by atoms with E-state index in [0.717, 1.165) is 11.1 Å². The number of para-hydroxylation sites is 1. The Kier molecular flexibility index (Phi) is 3.70. The van der Waals surface area contributed by atoms with Gasteiger partial charge in [-0.25, -0.2) is 0 Å². The van der Waals surface area contributed by atoms with Crippen LogP contribution in [0.25, 0.3) is 22.6 Å². The van der Waals surface area contributed by atoms with Gasteiger partial charge in [0, 0.05) is 12.1 Å². The molecule has 0 aliphatic rings. The fourth-order valence-electron chi connectivity index (χ4n) is 2.65. The van der Waals surface area contributed by atoms with Gasteiger partial charge in [-0.3, -0.25) is 0 Å². The summed E-state index contributed by atoms with van der Waals surface area (Å²) in [6.45, 7) is 2.66. The summed E-state index contributed by atoms with van der Waals surface area (Å²) in [5.41, 5.74) is 2.83. The van der Waals surface area contributed by atoms with E-state index in [1.165, 1.54) is 0 Å². The lowest BCUT2D eigenvalue weighted by atomic mass is 10.1. The summed E-state index contributed by atoms with van der Waals surface area (Å²) in [7, 11) is 1.61. The van der Waals surface area contributed by atoms with Crippen LogP contribution in [0.5, 0.6) is 5.75 Å². The van der Waals surface area contributed by atoms with Crippen molar-refractivity contribution in [3.63, 3.8) is 0 Å². The van der Waals surface area contributed by atoms with E-state index in [1.54, 1.807) is 19.2 Å².